The highest BCUT2D eigenvalue weighted by molar-refractivity contribution is 6.68. The van der Waals surface area contributed by atoms with Gasteiger partial charge in [-0.1, -0.05) is 72.3 Å². The van der Waals surface area contributed by atoms with Crippen LogP contribution in [-0.2, 0) is 4.74 Å². The van der Waals surface area contributed by atoms with Crippen LogP contribution in [0.2, 0.25) is 5.02 Å². The zero-order valence-corrected chi connectivity index (χ0v) is 19.7. The van der Waals surface area contributed by atoms with Crippen LogP contribution in [0.3, 0.4) is 0 Å². The number of nitrogens with zero attached hydrogens (tertiary/aromatic N) is 1. The molecule has 1 atom stereocenters. The van der Waals surface area contributed by atoms with Crippen LogP contribution in [0.5, 0.6) is 0 Å². The number of ether oxygens (including phenoxy) is 1. The highest BCUT2D eigenvalue weighted by atomic mass is 35.5. The molecule has 3 aromatic carbocycles. The lowest BCUT2D eigenvalue weighted by Crippen LogP contribution is -2.29. The molecule has 0 radical (unpaired) electrons. The maximum atomic E-state index is 12.7. The number of aromatic nitrogens is 1. The van der Waals surface area contributed by atoms with E-state index in [9.17, 15) is 9.59 Å². The van der Waals surface area contributed by atoms with Gasteiger partial charge < -0.3 is 10.1 Å². The Labute approximate surface area is 206 Å². The number of hydrogen-bond donors (Lipinski definition) is 1. The summed E-state index contributed by atoms with van der Waals surface area (Å²) < 4.78 is 5.62. The van der Waals surface area contributed by atoms with Crippen molar-refractivity contribution < 1.29 is 14.3 Å². The van der Waals surface area contributed by atoms with Gasteiger partial charge in [0.1, 0.15) is 12.3 Å². The van der Waals surface area contributed by atoms with Crippen molar-refractivity contribution in [2.75, 3.05) is 6.61 Å². The second kappa shape index (κ2) is 9.09. The number of nitrogens with one attached hydrogen (secondary N) is 1. The molecule has 0 fully saturated rings. The molecule has 170 valence electrons. The van der Waals surface area contributed by atoms with E-state index in [1.54, 1.807) is 25.1 Å². The normalized spacial score (nSPS) is 13.3. The van der Waals surface area contributed by atoms with Gasteiger partial charge in [0.2, 0.25) is 0 Å². The summed E-state index contributed by atoms with van der Waals surface area (Å²) in [5.41, 5.74) is 5.15. The van der Waals surface area contributed by atoms with Gasteiger partial charge in [-0.2, -0.15) is 0 Å². The summed E-state index contributed by atoms with van der Waals surface area (Å²) in [7, 11) is 0. The molecule has 1 aliphatic rings. The Bertz CT molecular complexity index is 1390. The molecule has 0 saturated carbocycles. The number of hydrogen-bond acceptors (Lipinski definition) is 4. The standard InChI is InChI=1S/C27H20Cl2N2O3/c1-15(23-13-16-7-6-12-22(28)24(16)25(31-23)26(29)32)30-27(33)34-14-21-19-10-4-2-8-17(19)18-9-3-5-11-20(18)21/h2-13,15,21H,14H2,1H3,(H,30,33)/t15-/m0/s1. The lowest BCUT2D eigenvalue weighted by molar-refractivity contribution is 0.107. The molecular weight excluding hydrogens is 471 g/mol. The molecule has 0 bridgehead atoms. The van der Waals surface area contributed by atoms with Gasteiger partial charge in [0, 0.05) is 11.3 Å². The predicted octanol–water partition coefficient (Wildman–Crippen LogP) is 6.87. The summed E-state index contributed by atoms with van der Waals surface area (Å²) in [4.78, 5) is 29.0. The summed E-state index contributed by atoms with van der Waals surface area (Å²) in [6, 6.07) is 22.8. The van der Waals surface area contributed by atoms with Crippen molar-refractivity contribution in [1.82, 2.24) is 10.3 Å². The van der Waals surface area contributed by atoms with Gasteiger partial charge in [0.05, 0.1) is 16.8 Å². The van der Waals surface area contributed by atoms with E-state index < -0.39 is 17.4 Å². The van der Waals surface area contributed by atoms with Crippen molar-refractivity contribution in [3.05, 3.63) is 100 Å². The van der Waals surface area contributed by atoms with Crippen molar-refractivity contribution in [3.63, 3.8) is 0 Å². The number of amides is 1. The second-order valence-corrected chi connectivity index (χ2v) is 8.95. The van der Waals surface area contributed by atoms with Gasteiger partial charge in [0.15, 0.2) is 0 Å². The highest BCUT2D eigenvalue weighted by Crippen LogP contribution is 2.44. The molecule has 5 rings (SSSR count). The van der Waals surface area contributed by atoms with E-state index in [0.29, 0.717) is 21.5 Å². The summed E-state index contributed by atoms with van der Waals surface area (Å²) >= 11 is 12.0. The van der Waals surface area contributed by atoms with Crippen LogP contribution in [0, 0.1) is 0 Å². The first-order valence-electron chi connectivity index (χ1n) is 10.8. The average Bonchev–Trinajstić information content (AvgIpc) is 3.16. The zero-order valence-electron chi connectivity index (χ0n) is 18.2. The Kier molecular flexibility index (Phi) is 5.98. The van der Waals surface area contributed by atoms with Crippen molar-refractivity contribution in [3.8, 4) is 11.1 Å². The van der Waals surface area contributed by atoms with Crippen LogP contribution in [0.25, 0.3) is 21.9 Å². The third-order valence-electron chi connectivity index (χ3n) is 6.13. The van der Waals surface area contributed by atoms with Crippen LogP contribution < -0.4 is 5.32 Å². The molecule has 5 nitrogen and oxygen atoms in total. The van der Waals surface area contributed by atoms with Gasteiger partial charge in [0.25, 0.3) is 5.24 Å². The number of carbonyl (C=O) groups excluding carboxylic acids is 2. The van der Waals surface area contributed by atoms with Crippen LogP contribution >= 0.6 is 23.2 Å². The summed E-state index contributed by atoms with van der Waals surface area (Å²) in [5, 5.41) is 3.67. The number of alkyl carbamates (subject to hydrolysis) is 1. The minimum Gasteiger partial charge on any atom is -0.449 e. The molecule has 1 amide bonds. The van der Waals surface area contributed by atoms with Crippen LogP contribution in [0.1, 0.15) is 46.2 Å². The maximum Gasteiger partial charge on any atom is 0.407 e. The number of benzene rings is 3. The summed E-state index contributed by atoms with van der Waals surface area (Å²) in [5.74, 6) is -0.0325. The van der Waals surface area contributed by atoms with E-state index in [4.69, 9.17) is 27.9 Å². The largest absolute Gasteiger partial charge is 0.449 e. The highest BCUT2D eigenvalue weighted by Gasteiger charge is 2.29. The predicted molar refractivity (Wildman–Crippen MR) is 134 cm³/mol. The monoisotopic (exact) mass is 490 g/mol. The molecular formula is C27H20Cl2N2O3. The Morgan fingerprint density at radius 2 is 1.65 bits per heavy atom. The fourth-order valence-corrected chi connectivity index (χ4v) is 4.95. The van der Waals surface area contributed by atoms with E-state index >= 15 is 0 Å². The van der Waals surface area contributed by atoms with Gasteiger partial charge in [-0.15, -0.1) is 0 Å². The third-order valence-corrected chi connectivity index (χ3v) is 6.63. The quantitative estimate of drug-likeness (QED) is 0.310. The first-order valence-corrected chi connectivity index (χ1v) is 11.6. The van der Waals surface area contributed by atoms with Crippen molar-refractivity contribution in [2.24, 2.45) is 0 Å². The van der Waals surface area contributed by atoms with E-state index in [0.717, 1.165) is 22.3 Å². The summed E-state index contributed by atoms with van der Waals surface area (Å²) in [6.45, 7) is 1.97. The van der Waals surface area contributed by atoms with E-state index in [1.807, 2.05) is 30.3 Å². The van der Waals surface area contributed by atoms with Gasteiger partial charge >= 0.3 is 6.09 Å². The molecule has 0 unspecified atom stereocenters. The molecule has 0 saturated heterocycles. The van der Waals surface area contributed by atoms with Gasteiger partial charge in [-0.05, 0) is 58.3 Å². The first kappa shape index (κ1) is 22.4. The van der Waals surface area contributed by atoms with Crippen LogP contribution in [0.15, 0.2) is 72.8 Å². The fraction of sp³-hybridized carbons (Fsp3) is 0.148. The Hall–Kier alpha value is -3.41. The molecule has 1 heterocycles. The van der Waals surface area contributed by atoms with E-state index in [2.05, 4.69) is 34.6 Å². The smallest absolute Gasteiger partial charge is 0.407 e. The first-order chi connectivity index (χ1) is 16.4. The number of pyridine rings is 1. The molecule has 0 spiro atoms. The molecule has 1 aliphatic carbocycles. The fourth-order valence-electron chi connectivity index (χ4n) is 4.54. The minimum atomic E-state index is -0.715. The van der Waals surface area contributed by atoms with Crippen molar-refractivity contribution in [2.45, 2.75) is 18.9 Å². The lowest BCUT2D eigenvalue weighted by Gasteiger charge is -2.18. The minimum absolute atomic E-state index is 0.0325. The van der Waals surface area contributed by atoms with E-state index in [-0.39, 0.29) is 18.2 Å². The molecule has 7 heteroatoms. The third kappa shape index (κ3) is 4.02. The molecule has 1 aromatic heterocycles. The SMILES string of the molecule is C[C@H](NC(=O)OCC1c2ccccc2-c2ccccc21)c1cc2cccc(Cl)c2c(C(=O)Cl)n1. The Morgan fingerprint density at radius 1 is 1.00 bits per heavy atom. The van der Waals surface area contributed by atoms with E-state index in [1.165, 1.54) is 0 Å². The van der Waals surface area contributed by atoms with Crippen LogP contribution in [0.4, 0.5) is 4.79 Å². The Morgan fingerprint density at radius 3 is 2.29 bits per heavy atom. The number of rotatable bonds is 5. The number of fused-ring (bicyclic) bond motifs is 4. The topological polar surface area (TPSA) is 68.3 Å². The van der Waals surface area contributed by atoms with Crippen molar-refractivity contribution in [1.29, 1.82) is 0 Å². The Balaban J connectivity index is 1.33. The molecule has 34 heavy (non-hydrogen) atoms. The lowest BCUT2D eigenvalue weighted by atomic mass is 9.98. The number of carbonyl (C=O) groups is 2. The van der Waals surface area contributed by atoms with Crippen LogP contribution in [-0.4, -0.2) is 22.9 Å². The maximum absolute atomic E-state index is 12.7. The van der Waals surface area contributed by atoms with Gasteiger partial charge in [-0.25, -0.2) is 9.78 Å². The summed E-state index contributed by atoms with van der Waals surface area (Å²) in [6.07, 6.45) is -0.568. The van der Waals surface area contributed by atoms with Crippen molar-refractivity contribution >= 4 is 45.3 Å². The van der Waals surface area contributed by atoms with Gasteiger partial charge in [-0.3, -0.25) is 4.79 Å². The average molecular weight is 491 g/mol. The molecule has 4 aromatic rings. The zero-order chi connectivity index (χ0) is 23.8. The molecule has 1 N–H and O–H groups in total. The number of halogens is 2. The second-order valence-electron chi connectivity index (χ2n) is 8.20. The molecule has 0 aliphatic heterocycles.